The fraction of sp³-hybridized carbons (Fsp3) is 0. The van der Waals surface area contributed by atoms with E-state index in [2.05, 4.69) is 20.4 Å². The van der Waals surface area contributed by atoms with E-state index < -0.39 is 11.6 Å². The fourth-order valence-corrected chi connectivity index (χ4v) is 3.36. The van der Waals surface area contributed by atoms with E-state index in [-0.39, 0.29) is 11.4 Å². The maximum absolute atomic E-state index is 14.4. The van der Waals surface area contributed by atoms with Crippen molar-refractivity contribution in [3.8, 4) is 33.8 Å². The Morgan fingerprint density at radius 2 is 1.72 bits per heavy atom. The molecule has 0 fully saturated rings. The lowest BCUT2D eigenvalue weighted by molar-refractivity contribution is 0.585. The minimum Gasteiger partial charge on any atom is -0.382 e. The van der Waals surface area contributed by atoms with Crippen LogP contribution in [0.4, 0.5) is 14.6 Å². The topological polar surface area (TPSA) is 84.9 Å². The van der Waals surface area contributed by atoms with Gasteiger partial charge in [-0.1, -0.05) is 30.3 Å². The van der Waals surface area contributed by atoms with Crippen molar-refractivity contribution in [3.05, 3.63) is 78.5 Å². The Hall–Kier alpha value is -4.07. The van der Waals surface area contributed by atoms with Crippen LogP contribution in [0.3, 0.4) is 0 Å². The molecular weight excluding hydrogens is 374 g/mol. The Kier molecular flexibility index (Phi) is 3.83. The average molecular weight is 388 g/mol. The van der Waals surface area contributed by atoms with Crippen molar-refractivity contribution in [2.45, 2.75) is 0 Å². The summed E-state index contributed by atoms with van der Waals surface area (Å²) in [6, 6.07) is 16.6. The first kappa shape index (κ1) is 17.1. The number of aromatic nitrogens is 5. The first-order chi connectivity index (χ1) is 14.1. The molecule has 3 aromatic heterocycles. The maximum atomic E-state index is 14.4. The quantitative estimate of drug-likeness (QED) is 0.482. The number of halogens is 2. The molecular formula is C21H14F2N6. The van der Waals surface area contributed by atoms with Crippen molar-refractivity contribution in [1.29, 1.82) is 0 Å². The third-order valence-electron chi connectivity index (χ3n) is 4.72. The summed E-state index contributed by atoms with van der Waals surface area (Å²) >= 11 is 0. The summed E-state index contributed by atoms with van der Waals surface area (Å²) in [5.41, 5.74) is 9.40. The Morgan fingerprint density at radius 3 is 2.52 bits per heavy atom. The summed E-state index contributed by atoms with van der Waals surface area (Å²) in [5, 5.41) is 15.3. The monoisotopic (exact) mass is 388 g/mol. The van der Waals surface area contributed by atoms with Crippen LogP contribution in [-0.4, -0.2) is 24.8 Å². The zero-order valence-corrected chi connectivity index (χ0v) is 15.0. The number of nitrogens with zero attached hydrogens (tertiary/aromatic N) is 4. The summed E-state index contributed by atoms with van der Waals surface area (Å²) in [5.74, 6) is -0.486. The number of hydrogen-bond acceptors (Lipinski definition) is 4. The number of aromatic amines is 1. The van der Waals surface area contributed by atoms with Gasteiger partial charge in [0.05, 0.1) is 11.3 Å². The van der Waals surface area contributed by atoms with Crippen LogP contribution in [0, 0.1) is 11.6 Å². The molecule has 3 N–H and O–H groups in total. The standard InChI is InChI=1S/C21H14F2N6/c22-14-7-8-15(16(23)10-14)19-18(20(24)27-26-19)13-6-9-17-25-28-21(29(17)11-13)12-4-2-1-3-5-12/h1-11H,(H3,24,26,27). The molecule has 0 aliphatic rings. The lowest BCUT2D eigenvalue weighted by Gasteiger charge is -2.08. The summed E-state index contributed by atoms with van der Waals surface area (Å²) in [4.78, 5) is 0. The van der Waals surface area contributed by atoms with Crippen LogP contribution in [0.2, 0.25) is 0 Å². The highest BCUT2D eigenvalue weighted by Gasteiger charge is 2.19. The highest BCUT2D eigenvalue weighted by Crippen LogP contribution is 2.36. The Balaban J connectivity index is 1.70. The van der Waals surface area contributed by atoms with E-state index in [9.17, 15) is 8.78 Å². The predicted molar refractivity (Wildman–Crippen MR) is 106 cm³/mol. The number of hydrogen-bond donors (Lipinski definition) is 2. The fourth-order valence-electron chi connectivity index (χ4n) is 3.36. The zero-order valence-electron chi connectivity index (χ0n) is 15.0. The van der Waals surface area contributed by atoms with E-state index >= 15 is 0 Å². The molecule has 5 aromatic rings. The molecule has 0 atom stereocenters. The molecule has 142 valence electrons. The Morgan fingerprint density at radius 1 is 0.897 bits per heavy atom. The van der Waals surface area contributed by atoms with Gasteiger partial charge in [0, 0.05) is 29.0 Å². The molecule has 0 spiro atoms. The first-order valence-electron chi connectivity index (χ1n) is 8.81. The van der Waals surface area contributed by atoms with Gasteiger partial charge >= 0.3 is 0 Å². The number of pyridine rings is 1. The average Bonchev–Trinajstić information content (AvgIpc) is 3.31. The van der Waals surface area contributed by atoms with E-state index in [0.717, 1.165) is 11.6 Å². The molecule has 0 unspecified atom stereocenters. The van der Waals surface area contributed by atoms with E-state index in [4.69, 9.17) is 5.73 Å². The molecule has 5 rings (SSSR count). The largest absolute Gasteiger partial charge is 0.382 e. The third kappa shape index (κ3) is 2.82. The van der Waals surface area contributed by atoms with Crippen molar-refractivity contribution in [2.75, 3.05) is 5.73 Å². The van der Waals surface area contributed by atoms with Gasteiger partial charge in [-0.05, 0) is 24.3 Å². The highest BCUT2D eigenvalue weighted by atomic mass is 19.1. The van der Waals surface area contributed by atoms with Gasteiger partial charge in [-0.25, -0.2) is 8.78 Å². The van der Waals surface area contributed by atoms with Crippen molar-refractivity contribution in [2.24, 2.45) is 0 Å². The van der Waals surface area contributed by atoms with Crippen LogP contribution >= 0.6 is 0 Å². The van der Waals surface area contributed by atoms with Gasteiger partial charge in [0.15, 0.2) is 17.3 Å². The lowest BCUT2D eigenvalue weighted by atomic mass is 10.0. The van der Waals surface area contributed by atoms with Gasteiger partial charge in [0.25, 0.3) is 0 Å². The smallest absolute Gasteiger partial charge is 0.168 e. The Labute approximate surface area is 163 Å². The number of fused-ring (bicyclic) bond motifs is 1. The van der Waals surface area contributed by atoms with Crippen molar-refractivity contribution >= 4 is 11.5 Å². The van der Waals surface area contributed by atoms with Crippen LogP contribution in [-0.2, 0) is 0 Å². The normalized spacial score (nSPS) is 11.2. The van der Waals surface area contributed by atoms with Crippen molar-refractivity contribution in [3.63, 3.8) is 0 Å². The number of rotatable bonds is 3. The molecule has 0 aliphatic carbocycles. The van der Waals surface area contributed by atoms with Gasteiger partial charge in [-0.3, -0.25) is 9.50 Å². The number of H-pyrrole nitrogens is 1. The molecule has 8 heteroatoms. The van der Waals surface area contributed by atoms with Gasteiger partial charge < -0.3 is 5.73 Å². The minimum atomic E-state index is -0.703. The number of anilines is 1. The summed E-state index contributed by atoms with van der Waals surface area (Å²) in [6.45, 7) is 0. The molecule has 0 aliphatic heterocycles. The Bertz CT molecular complexity index is 1340. The number of nitrogens with one attached hydrogen (secondary N) is 1. The maximum Gasteiger partial charge on any atom is 0.168 e. The predicted octanol–water partition coefficient (Wildman–Crippen LogP) is 4.31. The van der Waals surface area contributed by atoms with Gasteiger partial charge in [-0.15, -0.1) is 10.2 Å². The molecule has 2 aromatic carbocycles. The van der Waals surface area contributed by atoms with E-state index in [1.807, 2.05) is 47.0 Å². The molecule has 0 amide bonds. The second kappa shape index (κ2) is 6.52. The van der Waals surface area contributed by atoms with E-state index in [1.165, 1.54) is 12.1 Å². The first-order valence-corrected chi connectivity index (χ1v) is 8.81. The minimum absolute atomic E-state index is 0.178. The van der Waals surface area contributed by atoms with Crippen molar-refractivity contribution < 1.29 is 8.78 Å². The van der Waals surface area contributed by atoms with Crippen LogP contribution in [0.5, 0.6) is 0 Å². The third-order valence-corrected chi connectivity index (χ3v) is 4.72. The zero-order chi connectivity index (χ0) is 20.0. The molecule has 0 bridgehead atoms. The molecule has 0 radical (unpaired) electrons. The van der Waals surface area contributed by atoms with Crippen LogP contribution in [0.15, 0.2) is 66.9 Å². The molecule has 29 heavy (non-hydrogen) atoms. The summed E-state index contributed by atoms with van der Waals surface area (Å²) < 4.78 is 29.5. The van der Waals surface area contributed by atoms with Gasteiger partial charge in [0.2, 0.25) is 0 Å². The van der Waals surface area contributed by atoms with Crippen LogP contribution in [0.25, 0.3) is 39.4 Å². The molecule has 6 nitrogen and oxygen atoms in total. The lowest BCUT2D eigenvalue weighted by Crippen LogP contribution is -1.94. The van der Waals surface area contributed by atoms with E-state index in [1.54, 1.807) is 6.07 Å². The SMILES string of the molecule is Nc1n[nH]c(-c2ccc(F)cc2F)c1-c1ccc2nnc(-c3ccccc3)n2c1. The van der Waals surface area contributed by atoms with E-state index in [0.29, 0.717) is 28.3 Å². The van der Waals surface area contributed by atoms with Crippen molar-refractivity contribution in [1.82, 2.24) is 24.8 Å². The second-order valence-electron chi connectivity index (χ2n) is 6.52. The number of nitrogen functional groups attached to an aromatic ring is 1. The van der Waals surface area contributed by atoms with Crippen LogP contribution < -0.4 is 5.73 Å². The van der Waals surface area contributed by atoms with Gasteiger partial charge in [-0.2, -0.15) is 5.10 Å². The molecule has 0 saturated carbocycles. The summed E-state index contributed by atoms with van der Waals surface area (Å²) in [7, 11) is 0. The highest BCUT2D eigenvalue weighted by molar-refractivity contribution is 5.88. The number of benzene rings is 2. The second-order valence-corrected chi connectivity index (χ2v) is 6.52. The molecule has 0 saturated heterocycles. The van der Waals surface area contributed by atoms with Gasteiger partial charge in [0.1, 0.15) is 11.6 Å². The van der Waals surface area contributed by atoms with Crippen LogP contribution in [0.1, 0.15) is 0 Å². The molecule has 3 heterocycles. The summed E-state index contributed by atoms with van der Waals surface area (Å²) in [6.07, 6.45) is 1.82. The number of nitrogens with two attached hydrogens (primary N) is 1.